The van der Waals surface area contributed by atoms with Gasteiger partial charge in [-0.3, -0.25) is 4.79 Å². The van der Waals surface area contributed by atoms with Gasteiger partial charge in [-0.1, -0.05) is 25.1 Å². The number of fused-ring (bicyclic) bond motifs is 1. The molecule has 0 aliphatic carbocycles. The maximum Gasteiger partial charge on any atom is 0.224 e. The number of aliphatic hydroxyl groups is 1. The van der Waals surface area contributed by atoms with Crippen molar-refractivity contribution < 1.29 is 9.90 Å². The SMILES string of the molecule is CCC(=O)Nc1ccc(-c2cn3cccc(CO)c3n2)cc1. The number of carbonyl (C=O) groups is 1. The second kappa shape index (κ2) is 5.99. The van der Waals surface area contributed by atoms with Crippen LogP contribution in [0.25, 0.3) is 16.9 Å². The molecule has 0 saturated heterocycles. The van der Waals surface area contributed by atoms with Crippen LogP contribution in [0.4, 0.5) is 5.69 Å². The molecule has 0 bridgehead atoms. The van der Waals surface area contributed by atoms with Crippen molar-refractivity contribution in [2.24, 2.45) is 0 Å². The number of hydrogen-bond acceptors (Lipinski definition) is 3. The van der Waals surface area contributed by atoms with Crippen LogP contribution >= 0.6 is 0 Å². The van der Waals surface area contributed by atoms with Gasteiger partial charge in [-0.05, 0) is 18.2 Å². The maximum atomic E-state index is 11.4. The van der Waals surface area contributed by atoms with Gasteiger partial charge >= 0.3 is 0 Å². The Hall–Kier alpha value is -2.66. The second-order valence-electron chi connectivity index (χ2n) is 5.03. The van der Waals surface area contributed by atoms with E-state index in [1.807, 2.05) is 60.1 Å². The molecule has 3 aromatic rings. The highest BCUT2D eigenvalue weighted by atomic mass is 16.3. The monoisotopic (exact) mass is 295 g/mol. The average molecular weight is 295 g/mol. The van der Waals surface area contributed by atoms with E-state index in [9.17, 15) is 9.90 Å². The van der Waals surface area contributed by atoms with Crippen LogP contribution in [0, 0.1) is 0 Å². The molecule has 0 radical (unpaired) electrons. The number of rotatable bonds is 4. The summed E-state index contributed by atoms with van der Waals surface area (Å²) in [5.74, 6) is -0.00642. The fourth-order valence-corrected chi connectivity index (χ4v) is 2.31. The summed E-state index contributed by atoms with van der Waals surface area (Å²) in [5, 5.41) is 12.2. The number of aromatic nitrogens is 2. The highest BCUT2D eigenvalue weighted by molar-refractivity contribution is 5.90. The normalized spacial score (nSPS) is 10.8. The first-order valence-electron chi connectivity index (χ1n) is 7.19. The van der Waals surface area contributed by atoms with E-state index in [4.69, 9.17) is 0 Å². The number of aliphatic hydroxyl groups excluding tert-OH is 1. The zero-order chi connectivity index (χ0) is 15.5. The van der Waals surface area contributed by atoms with Crippen LogP contribution in [-0.2, 0) is 11.4 Å². The first-order chi connectivity index (χ1) is 10.7. The number of imidazole rings is 1. The smallest absolute Gasteiger partial charge is 0.224 e. The molecule has 3 rings (SSSR count). The van der Waals surface area contributed by atoms with Gasteiger partial charge in [0.15, 0.2) is 0 Å². The van der Waals surface area contributed by atoms with Crippen molar-refractivity contribution in [3.63, 3.8) is 0 Å². The minimum absolute atomic E-state index is 0.00642. The van der Waals surface area contributed by atoms with Gasteiger partial charge in [0.25, 0.3) is 0 Å². The minimum Gasteiger partial charge on any atom is -0.392 e. The van der Waals surface area contributed by atoms with Crippen molar-refractivity contribution in [3.8, 4) is 11.3 Å². The summed E-state index contributed by atoms with van der Waals surface area (Å²) in [7, 11) is 0. The molecule has 0 saturated carbocycles. The lowest BCUT2D eigenvalue weighted by Gasteiger charge is -2.03. The van der Waals surface area contributed by atoms with Crippen molar-refractivity contribution in [3.05, 3.63) is 54.4 Å². The van der Waals surface area contributed by atoms with Gasteiger partial charge in [-0.2, -0.15) is 0 Å². The van der Waals surface area contributed by atoms with Gasteiger partial charge in [0.1, 0.15) is 5.65 Å². The third-order valence-electron chi connectivity index (χ3n) is 3.52. The van der Waals surface area contributed by atoms with Crippen LogP contribution in [0.3, 0.4) is 0 Å². The number of nitrogens with zero attached hydrogens (tertiary/aromatic N) is 2. The number of amides is 1. The average Bonchev–Trinajstić information content (AvgIpc) is 2.99. The molecule has 0 unspecified atom stereocenters. The maximum absolute atomic E-state index is 11.4. The van der Waals surface area contributed by atoms with Crippen molar-refractivity contribution in [2.75, 3.05) is 5.32 Å². The highest BCUT2D eigenvalue weighted by Crippen LogP contribution is 2.22. The fourth-order valence-electron chi connectivity index (χ4n) is 2.31. The Kier molecular flexibility index (Phi) is 3.89. The predicted octanol–water partition coefficient (Wildman–Crippen LogP) is 2.84. The van der Waals surface area contributed by atoms with Crippen LogP contribution in [0.15, 0.2) is 48.8 Å². The van der Waals surface area contributed by atoms with Gasteiger partial charge in [-0.25, -0.2) is 4.98 Å². The number of nitrogens with one attached hydrogen (secondary N) is 1. The third-order valence-corrected chi connectivity index (χ3v) is 3.52. The topological polar surface area (TPSA) is 66.6 Å². The number of benzene rings is 1. The van der Waals surface area contributed by atoms with Crippen LogP contribution < -0.4 is 5.32 Å². The van der Waals surface area contributed by atoms with Crippen molar-refractivity contribution >= 4 is 17.2 Å². The van der Waals surface area contributed by atoms with Gasteiger partial charge in [0.2, 0.25) is 5.91 Å². The molecule has 0 spiro atoms. The lowest BCUT2D eigenvalue weighted by Crippen LogP contribution is -2.08. The lowest BCUT2D eigenvalue weighted by atomic mass is 10.1. The van der Waals surface area contributed by atoms with Gasteiger partial charge in [-0.15, -0.1) is 0 Å². The van der Waals surface area contributed by atoms with E-state index in [-0.39, 0.29) is 12.5 Å². The molecule has 5 nitrogen and oxygen atoms in total. The molecule has 5 heteroatoms. The Balaban J connectivity index is 1.92. The van der Waals surface area contributed by atoms with Crippen molar-refractivity contribution in [1.29, 1.82) is 0 Å². The van der Waals surface area contributed by atoms with Crippen LogP contribution in [0.5, 0.6) is 0 Å². The van der Waals surface area contributed by atoms with Crippen molar-refractivity contribution in [1.82, 2.24) is 9.38 Å². The summed E-state index contributed by atoms with van der Waals surface area (Å²) in [4.78, 5) is 15.9. The number of carbonyl (C=O) groups excluding carboxylic acids is 1. The molecular formula is C17H17N3O2. The molecule has 0 fully saturated rings. The molecular weight excluding hydrogens is 278 g/mol. The minimum atomic E-state index is -0.0389. The van der Waals surface area contributed by atoms with E-state index in [0.29, 0.717) is 6.42 Å². The molecule has 1 aromatic carbocycles. The molecule has 112 valence electrons. The number of anilines is 1. The summed E-state index contributed by atoms with van der Waals surface area (Å²) in [6.45, 7) is 1.78. The zero-order valence-corrected chi connectivity index (χ0v) is 12.3. The highest BCUT2D eigenvalue weighted by Gasteiger charge is 2.08. The fraction of sp³-hybridized carbons (Fsp3) is 0.176. The van der Waals surface area contributed by atoms with E-state index in [1.165, 1.54) is 0 Å². The van der Waals surface area contributed by atoms with E-state index in [1.54, 1.807) is 0 Å². The Bertz CT molecular complexity index is 806. The molecule has 2 aromatic heterocycles. The van der Waals surface area contributed by atoms with Crippen molar-refractivity contribution in [2.45, 2.75) is 20.0 Å². The molecule has 0 aliphatic rings. The van der Waals surface area contributed by atoms with Crippen LogP contribution in [-0.4, -0.2) is 20.4 Å². The van der Waals surface area contributed by atoms with E-state index in [2.05, 4.69) is 10.3 Å². The van der Waals surface area contributed by atoms with Crippen LogP contribution in [0.2, 0.25) is 0 Å². The van der Waals surface area contributed by atoms with Crippen LogP contribution in [0.1, 0.15) is 18.9 Å². The van der Waals surface area contributed by atoms with Gasteiger partial charge in [0.05, 0.1) is 12.3 Å². The summed E-state index contributed by atoms with van der Waals surface area (Å²) in [5.41, 5.74) is 4.11. The second-order valence-corrected chi connectivity index (χ2v) is 5.03. The number of pyridine rings is 1. The summed E-state index contributed by atoms with van der Waals surface area (Å²) in [6, 6.07) is 11.3. The van der Waals surface area contributed by atoms with E-state index in [0.717, 1.165) is 28.2 Å². The summed E-state index contributed by atoms with van der Waals surface area (Å²) < 4.78 is 1.90. The Labute approximate surface area is 128 Å². The first kappa shape index (κ1) is 14.3. The Morgan fingerprint density at radius 1 is 1.27 bits per heavy atom. The Morgan fingerprint density at radius 2 is 2.05 bits per heavy atom. The van der Waals surface area contributed by atoms with E-state index >= 15 is 0 Å². The molecule has 2 N–H and O–H groups in total. The quantitative estimate of drug-likeness (QED) is 0.777. The summed E-state index contributed by atoms with van der Waals surface area (Å²) in [6.07, 6.45) is 4.28. The first-order valence-corrected chi connectivity index (χ1v) is 7.19. The zero-order valence-electron chi connectivity index (χ0n) is 12.3. The van der Waals surface area contributed by atoms with Gasteiger partial charge < -0.3 is 14.8 Å². The summed E-state index contributed by atoms with van der Waals surface area (Å²) >= 11 is 0. The molecule has 2 heterocycles. The molecule has 1 amide bonds. The van der Waals surface area contributed by atoms with Gasteiger partial charge in [0, 0.05) is 35.6 Å². The predicted molar refractivity (Wildman–Crippen MR) is 85.5 cm³/mol. The molecule has 0 aliphatic heterocycles. The molecule has 22 heavy (non-hydrogen) atoms. The third kappa shape index (κ3) is 2.71. The Morgan fingerprint density at radius 3 is 2.73 bits per heavy atom. The van der Waals surface area contributed by atoms with E-state index < -0.39 is 0 Å². The lowest BCUT2D eigenvalue weighted by molar-refractivity contribution is -0.115. The molecule has 0 atom stereocenters. The largest absolute Gasteiger partial charge is 0.392 e. The number of hydrogen-bond donors (Lipinski definition) is 2. The standard InChI is InChI=1S/C17H17N3O2/c1-2-16(22)18-14-7-5-12(6-8-14)15-10-20-9-3-4-13(11-21)17(20)19-15/h3-10,21H,2,11H2,1H3,(H,18,22).